The highest BCUT2D eigenvalue weighted by molar-refractivity contribution is 5.38. The zero-order valence-electron chi connectivity index (χ0n) is 17.9. The van der Waals surface area contributed by atoms with E-state index in [1.165, 1.54) is 37.1 Å². The number of benzene rings is 1. The quantitative estimate of drug-likeness (QED) is 0.752. The van der Waals surface area contributed by atoms with Crippen LogP contribution in [0.3, 0.4) is 0 Å². The Morgan fingerprint density at radius 1 is 1.14 bits per heavy atom. The van der Waals surface area contributed by atoms with E-state index in [0.29, 0.717) is 6.04 Å². The minimum atomic E-state index is 0.686. The molecule has 0 saturated carbocycles. The Morgan fingerprint density at radius 3 is 2.79 bits per heavy atom. The molecule has 0 aliphatic carbocycles. The van der Waals surface area contributed by atoms with Gasteiger partial charge in [-0.1, -0.05) is 12.1 Å². The molecule has 156 valence electrons. The Labute approximate surface area is 175 Å². The molecule has 0 spiro atoms. The fraction of sp³-hybridized carbons (Fsp3) is 0.542. The molecule has 0 bridgehead atoms. The maximum Gasteiger partial charge on any atom is 0.123 e. The SMILES string of the molecule is CN1CCC(N2CCOc3ccc(CN(C)CCc4ccccn4)cc3C2)CC1. The monoisotopic (exact) mass is 394 g/mol. The van der Waals surface area contributed by atoms with Crippen molar-refractivity contribution in [2.75, 3.05) is 46.9 Å². The summed E-state index contributed by atoms with van der Waals surface area (Å²) in [7, 11) is 4.42. The van der Waals surface area contributed by atoms with Crippen molar-refractivity contribution in [3.05, 3.63) is 59.4 Å². The van der Waals surface area contributed by atoms with Crippen molar-refractivity contribution in [2.24, 2.45) is 0 Å². The van der Waals surface area contributed by atoms with E-state index in [4.69, 9.17) is 4.74 Å². The van der Waals surface area contributed by atoms with Gasteiger partial charge in [0.25, 0.3) is 0 Å². The fourth-order valence-corrected chi connectivity index (χ4v) is 4.48. The van der Waals surface area contributed by atoms with Crippen molar-refractivity contribution in [1.82, 2.24) is 19.7 Å². The van der Waals surface area contributed by atoms with Gasteiger partial charge in [0.15, 0.2) is 0 Å². The van der Waals surface area contributed by atoms with E-state index >= 15 is 0 Å². The Balaban J connectivity index is 1.37. The van der Waals surface area contributed by atoms with Gasteiger partial charge in [-0.25, -0.2) is 0 Å². The normalized spacial score (nSPS) is 19.0. The maximum absolute atomic E-state index is 6.08. The van der Waals surface area contributed by atoms with Crippen LogP contribution in [0.1, 0.15) is 29.7 Å². The lowest BCUT2D eigenvalue weighted by Crippen LogP contribution is -2.44. The van der Waals surface area contributed by atoms with E-state index in [9.17, 15) is 0 Å². The van der Waals surface area contributed by atoms with Crippen molar-refractivity contribution in [3.63, 3.8) is 0 Å². The molecule has 5 heteroatoms. The highest BCUT2D eigenvalue weighted by Gasteiger charge is 2.25. The molecule has 2 aliphatic rings. The Morgan fingerprint density at radius 2 is 2.00 bits per heavy atom. The topological polar surface area (TPSA) is 31.8 Å². The van der Waals surface area contributed by atoms with Gasteiger partial charge in [0.05, 0.1) is 0 Å². The second kappa shape index (κ2) is 9.70. The summed E-state index contributed by atoms with van der Waals surface area (Å²) in [4.78, 5) is 11.9. The van der Waals surface area contributed by atoms with Gasteiger partial charge in [0, 0.05) is 56.1 Å². The molecule has 3 heterocycles. The van der Waals surface area contributed by atoms with Crippen molar-refractivity contribution in [2.45, 2.75) is 38.4 Å². The Kier molecular flexibility index (Phi) is 6.80. The predicted octanol–water partition coefficient (Wildman–Crippen LogP) is 3.04. The summed E-state index contributed by atoms with van der Waals surface area (Å²) >= 11 is 0. The van der Waals surface area contributed by atoms with Crippen LogP contribution in [-0.2, 0) is 19.5 Å². The number of piperidine rings is 1. The summed E-state index contributed by atoms with van der Waals surface area (Å²) in [6, 6.07) is 13.6. The third-order valence-electron chi connectivity index (χ3n) is 6.27. The number of rotatable bonds is 6. The van der Waals surface area contributed by atoms with Crippen molar-refractivity contribution >= 4 is 0 Å². The Bertz CT molecular complexity index is 774. The van der Waals surface area contributed by atoms with Crippen LogP contribution in [0.2, 0.25) is 0 Å². The average molecular weight is 395 g/mol. The number of fused-ring (bicyclic) bond motifs is 1. The first-order valence-corrected chi connectivity index (χ1v) is 10.9. The van der Waals surface area contributed by atoms with Crippen molar-refractivity contribution in [3.8, 4) is 5.75 Å². The summed E-state index contributed by atoms with van der Waals surface area (Å²) in [6.45, 7) is 7.20. The minimum Gasteiger partial charge on any atom is -0.492 e. The van der Waals surface area contributed by atoms with E-state index in [0.717, 1.165) is 50.7 Å². The van der Waals surface area contributed by atoms with E-state index in [1.54, 1.807) is 0 Å². The molecule has 1 saturated heterocycles. The summed E-state index contributed by atoms with van der Waals surface area (Å²) in [5.41, 5.74) is 3.86. The van der Waals surface area contributed by atoms with E-state index in [-0.39, 0.29) is 0 Å². The van der Waals surface area contributed by atoms with Crippen molar-refractivity contribution < 1.29 is 4.74 Å². The number of aromatic nitrogens is 1. The first-order valence-electron chi connectivity index (χ1n) is 10.9. The molecule has 1 fully saturated rings. The lowest BCUT2D eigenvalue weighted by atomic mass is 10.0. The fourth-order valence-electron chi connectivity index (χ4n) is 4.48. The number of likely N-dealkylation sites (tertiary alicyclic amines) is 1. The molecular weight excluding hydrogens is 360 g/mol. The summed E-state index contributed by atoms with van der Waals surface area (Å²) in [6.07, 6.45) is 5.39. The number of pyridine rings is 1. The molecule has 5 nitrogen and oxygen atoms in total. The van der Waals surface area contributed by atoms with E-state index in [2.05, 4.69) is 64.1 Å². The summed E-state index contributed by atoms with van der Waals surface area (Å²) in [5, 5.41) is 0. The molecule has 1 aromatic carbocycles. The van der Waals surface area contributed by atoms with Gasteiger partial charge < -0.3 is 14.5 Å². The van der Waals surface area contributed by atoms with Gasteiger partial charge in [-0.2, -0.15) is 0 Å². The van der Waals surface area contributed by atoms with Gasteiger partial charge in [-0.05, 0) is 69.9 Å². The molecule has 2 aromatic rings. The number of hydrogen-bond donors (Lipinski definition) is 0. The molecule has 0 atom stereocenters. The molecule has 4 rings (SSSR count). The summed E-state index contributed by atoms with van der Waals surface area (Å²) in [5.74, 6) is 1.07. The van der Waals surface area contributed by atoms with E-state index in [1.807, 2.05) is 12.3 Å². The standard InChI is InChI=1S/C24H34N4O/c1-26-13-9-23(10-14-26)28-15-16-29-24-7-6-20(17-21(24)19-28)18-27(2)12-8-22-5-3-4-11-25-22/h3-7,11,17,23H,8-10,12-16,18-19H2,1-2H3. The van der Waals surface area contributed by atoms with Crippen LogP contribution in [0.15, 0.2) is 42.6 Å². The smallest absolute Gasteiger partial charge is 0.123 e. The van der Waals surface area contributed by atoms with Crippen LogP contribution in [0, 0.1) is 0 Å². The van der Waals surface area contributed by atoms with Gasteiger partial charge >= 0.3 is 0 Å². The van der Waals surface area contributed by atoms with Crippen LogP contribution in [0.5, 0.6) is 5.75 Å². The number of hydrogen-bond acceptors (Lipinski definition) is 5. The summed E-state index contributed by atoms with van der Waals surface area (Å²) < 4.78 is 6.08. The van der Waals surface area contributed by atoms with Crippen LogP contribution in [-0.4, -0.2) is 72.6 Å². The highest BCUT2D eigenvalue weighted by atomic mass is 16.5. The zero-order valence-corrected chi connectivity index (χ0v) is 17.9. The van der Waals surface area contributed by atoms with Gasteiger partial charge in [-0.15, -0.1) is 0 Å². The predicted molar refractivity (Wildman–Crippen MR) is 117 cm³/mol. The first-order chi connectivity index (χ1) is 14.2. The molecular formula is C24H34N4O. The first kappa shape index (κ1) is 20.3. The lowest BCUT2D eigenvalue weighted by molar-refractivity contribution is 0.108. The van der Waals surface area contributed by atoms with Crippen LogP contribution in [0.4, 0.5) is 0 Å². The average Bonchev–Trinajstić information content (AvgIpc) is 2.95. The second-order valence-electron chi connectivity index (χ2n) is 8.60. The van der Waals surface area contributed by atoms with Gasteiger partial charge in [0.1, 0.15) is 12.4 Å². The van der Waals surface area contributed by atoms with Gasteiger partial charge in [0.2, 0.25) is 0 Å². The number of likely N-dealkylation sites (N-methyl/N-ethyl adjacent to an activating group) is 1. The molecule has 0 amide bonds. The molecule has 0 N–H and O–H groups in total. The number of ether oxygens (including phenoxy) is 1. The van der Waals surface area contributed by atoms with E-state index < -0.39 is 0 Å². The minimum absolute atomic E-state index is 0.686. The highest BCUT2D eigenvalue weighted by Crippen LogP contribution is 2.28. The largest absolute Gasteiger partial charge is 0.492 e. The Hall–Kier alpha value is -1.95. The van der Waals surface area contributed by atoms with Gasteiger partial charge in [-0.3, -0.25) is 9.88 Å². The zero-order chi connectivity index (χ0) is 20.1. The third kappa shape index (κ3) is 5.56. The molecule has 29 heavy (non-hydrogen) atoms. The molecule has 1 aromatic heterocycles. The van der Waals surface area contributed by atoms with Crippen LogP contribution >= 0.6 is 0 Å². The van der Waals surface area contributed by atoms with Crippen LogP contribution < -0.4 is 4.74 Å². The molecule has 0 unspecified atom stereocenters. The molecule has 0 radical (unpaired) electrons. The molecule has 2 aliphatic heterocycles. The van der Waals surface area contributed by atoms with Crippen molar-refractivity contribution in [1.29, 1.82) is 0 Å². The lowest BCUT2D eigenvalue weighted by Gasteiger charge is -2.36. The third-order valence-corrected chi connectivity index (χ3v) is 6.27. The van der Waals surface area contributed by atoms with Crippen LogP contribution in [0.25, 0.3) is 0 Å². The number of nitrogens with zero attached hydrogens (tertiary/aromatic N) is 4. The second-order valence-corrected chi connectivity index (χ2v) is 8.60. The maximum atomic E-state index is 6.08.